The highest BCUT2D eigenvalue weighted by Gasteiger charge is 2.18. The minimum Gasteiger partial charge on any atom is -0.494 e. The van der Waals surface area contributed by atoms with Crippen LogP contribution in [0.5, 0.6) is 11.6 Å². The first-order valence-electron chi connectivity index (χ1n) is 14.2. The Labute approximate surface area is 239 Å². The third kappa shape index (κ3) is 7.55. The number of hydrogen-bond acceptors (Lipinski definition) is 8. The lowest BCUT2D eigenvalue weighted by Gasteiger charge is -2.36. The van der Waals surface area contributed by atoms with E-state index in [0.29, 0.717) is 19.0 Å². The van der Waals surface area contributed by atoms with E-state index in [0.717, 1.165) is 75.1 Å². The lowest BCUT2D eigenvalue weighted by Crippen LogP contribution is -2.46. The number of alkyl carbamates (subject to hydrolysis) is 1. The molecule has 0 unspecified atom stereocenters. The number of nitrogens with one attached hydrogen (secondary N) is 1. The van der Waals surface area contributed by atoms with Crippen molar-refractivity contribution in [1.82, 2.24) is 15.2 Å². The van der Waals surface area contributed by atoms with E-state index in [1.807, 2.05) is 35.6 Å². The number of pyridine rings is 1. The number of unbranched alkanes of at least 4 members (excludes halogenated alkanes) is 2. The molecule has 1 amide bonds. The summed E-state index contributed by atoms with van der Waals surface area (Å²) < 4.78 is 17.9. The van der Waals surface area contributed by atoms with E-state index in [1.54, 1.807) is 6.07 Å². The molecule has 212 valence electrons. The number of ether oxygens (including phenoxy) is 3. The van der Waals surface area contributed by atoms with Crippen molar-refractivity contribution < 1.29 is 19.0 Å². The number of fused-ring (bicyclic) bond motifs is 2. The van der Waals surface area contributed by atoms with Gasteiger partial charge in [-0.1, -0.05) is 19.4 Å². The molecule has 1 N–H and O–H groups in total. The highest BCUT2D eigenvalue weighted by Crippen LogP contribution is 2.31. The van der Waals surface area contributed by atoms with Crippen LogP contribution in [0.25, 0.3) is 21.0 Å². The van der Waals surface area contributed by atoms with Crippen LogP contribution < -0.4 is 19.7 Å². The van der Waals surface area contributed by atoms with Gasteiger partial charge in [0.1, 0.15) is 5.75 Å². The average Bonchev–Trinajstić information content (AvgIpc) is 3.47. The van der Waals surface area contributed by atoms with Gasteiger partial charge in [-0.15, -0.1) is 11.3 Å². The van der Waals surface area contributed by atoms with Crippen LogP contribution >= 0.6 is 11.3 Å². The van der Waals surface area contributed by atoms with Crippen LogP contribution in [-0.2, 0) is 4.74 Å². The molecule has 1 aliphatic rings. The van der Waals surface area contributed by atoms with Crippen molar-refractivity contribution in [2.45, 2.75) is 32.6 Å². The van der Waals surface area contributed by atoms with Gasteiger partial charge in [-0.05, 0) is 67.6 Å². The van der Waals surface area contributed by atoms with E-state index in [9.17, 15) is 4.79 Å². The quantitative estimate of drug-likeness (QED) is 0.152. The van der Waals surface area contributed by atoms with Gasteiger partial charge in [0.15, 0.2) is 0 Å². The molecule has 3 heterocycles. The van der Waals surface area contributed by atoms with Gasteiger partial charge in [0.25, 0.3) is 0 Å². The van der Waals surface area contributed by atoms with Gasteiger partial charge < -0.3 is 24.4 Å². The monoisotopic (exact) mass is 562 g/mol. The summed E-state index contributed by atoms with van der Waals surface area (Å²) in [7, 11) is 0. The number of anilines is 1. The van der Waals surface area contributed by atoms with Crippen molar-refractivity contribution in [3.8, 4) is 11.6 Å². The number of rotatable bonds is 13. The molecule has 1 fully saturated rings. The molecular formula is C31H38N4O4S. The van der Waals surface area contributed by atoms with E-state index >= 15 is 0 Å². The summed E-state index contributed by atoms with van der Waals surface area (Å²) in [6, 6.07) is 18.5. The zero-order chi connectivity index (χ0) is 27.6. The van der Waals surface area contributed by atoms with Crippen molar-refractivity contribution in [3.05, 3.63) is 60.0 Å². The normalized spacial score (nSPS) is 14.0. The number of nitrogens with zero attached hydrogens (tertiary/aromatic N) is 3. The number of amides is 1. The second-order valence-electron chi connectivity index (χ2n) is 9.97. The fourth-order valence-electron chi connectivity index (χ4n) is 4.90. The summed E-state index contributed by atoms with van der Waals surface area (Å²) >= 11 is 1.81. The standard InChI is InChI=1S/C31H38N4O4S/c1-2-3-14-32-31(36)39-23-38-30-12-10-24-9-11-25(22-27(24)33-30)37-20-5-4-15-34-16-18-35(19-17-34)28-7-6-8-29-26(28)13-21-40-29/h6-13,21-22H,2-5,14-20,23H2,1H3,(H,32,36). The minimum atomic E-state index is -0.487. The van der Waals surface area contributed by atoms with E-state index in [4.69, 9.17) is 14.2 Å². The summed E-state index contributed by atoms with van der Waals surface area (Å²) in [6.07, 6.45) is 3.55. The molecule has 5 rings (SSSR count). The zero-order valence-electron chi connectivity index (χ0n) is 23.1. The van der Waals surface area contributed by atoms with E-state index in [-0.39, 0.29) is 6.79 Å². The van der Waals surface area contributed by atoms with Crippen LogP contribution in [0, 0.1) is 0 Å². The maximum absolute atomic E-state index is 11.6. The molecule has 0 aliphatic carbocycles. The molecular weight excluding hydrogens is 524 g/mol. The SMILES string of the molecule is CCCCNC(=O)OCOc1ccc2ccc(OCCCCN3CCN(c4cccc5sccc45)CC3)cc2n1. The van der Waals surface area contributed by atoms with E-state index in [1.165, 1.54) is 15.8 Å². The number of benzene rings is 2. The molecule has 0 saturated carbocycles. The van der Waals surface area contributed by atoms with Crippen molar-refractivity contribution in [2.24, 2.45) is 0 Å². The molecule has 0 spiro atoms. The summed E-state index contributed by atoms with van der Waals surface area (Å²) in [5.41, 5.74) is 2.15. The Morgan fingerprint density at radius 1 is 1.00 bits per heavy atom. The number of aromatic nitrogens is 1. The predicted octanol–water partition coefficient (Wildman–Crippen LogP) is 6.29. The molecule has 1 aliphatic heterocycles. The number of carbonyl (C=O) groups is 1. The van der Waals surface area contributed by atoms with Crippen LogP contribution in [0.3, 0.4) is 0 Å². The zero-order valence-corrected chi connectivity index (χ0v) is 24.0. The molecule has 4 aromatic rings. The van der Waals surface area contributed by atoms with Crippen molar-refractivity contribution >= 4 is 44.1 Å². The number of piperazine rings is 1. The summed E-state index contributed by atoms with van der Waals surface area (Å²) in [5.74, 6) is 1.19. The highest BCUT2D eigenvalue weighted by atomic mass is 32.1. The summed E-state index contributed by atoms with van der Waals surface area (Å²) in [5, 5.41) is 7.24. The topological polar surface area (TPSA) is 76.2 Å². The number of hydrogen-bond donors (Lipinski definition) is 1. The molecule has 2 aromatic carbocycles. The first kappa shape index (κ1) is 28.0. The van der Waals surface area contributed by atoms with Crippen LogP contribution in [0.4, 0.5) is 10.5 Å². The molecule has 40 heavy (non-hydrogen) atoms. The molecule has 2 aromatic heterocycles. The van der Waals surface area contributed by atoms with Crippen LogP contribution in [0.15, 0.2) is 60.0 Å². The van der Waals surface area contributed by atoms with Crippen LogP contribution in [0.1, 0.15) is 32.6 Å². The highest BCUT2D eigenvalue weighted by molar-refractivity contribution is 7.17. The van der Waals surface area contributed by atoms with Crippen molar-refractivity contribution in [3.63, 3.8) is 0 Å². The molecule has 0 atom stereocenters. The smallest absolute Gasteiger partial charge is 0.410 e. The third-order valence-electron chi connectivity index (χ3n) is 7.16. The molecule has 9 heteroatoms. The fourth-order valence-corrected chi connectivity index (χ4v) is 5.71. The van der Waals surface area contributed by atoms with Gasteiger partial charge in [-0.25, -0.2) is 9.78 Å². The summed E-state index contributed by atoms with van der Waals surface area (Å²) in [4.78, 5) is 21.3. The third-order valence-corrected chi connectivity index (χ3v) is 8.04. The predicted molar refractivity (Wildman–Crippen MR) is 162 cm³/mol. The van der Waals surface area contributed by atoms with Crippen LogP contribution in [-0.4, -0.2) is 68.6 Å². The van der Waals surface area contributed by atoms with Gasteiger partial charge >= 0.3 is 6.09 Å². The largest absolute Gasteiger partial charge is 0.494 e. The summed E-state index contributed by atoms with van der Waals surface area (Å²) in [6.45, 7) is 8.56. The first-order valence-corrected chi connectivity index (χ1v) is 15.1. The van der Waals surface area contributed by atoms with Crippen molar-refractivity contribution in [2.75, 3.05) is 57.6 Å². The van der Waals surface area contributed by atoms with Gasteiger partial charge in [0.05, 0.1) is 12.1 Å². The van der Waals surface area contributed by atoms with Gasteiger partial charge in [-0.3, -0.25) is 4.90 Å². The lowest BCUT2D eigenvalue weighted by molar-refractivity contribution is 0.0571. The minimum absolute atomic E-state index is 0.188. The van der Waals surface area contributed by atoms with Crippen LogP contribution in [0.2, 0.25) is 0 Å². The Morgan fingerprint density at radius 2 is 1.88 bits per heavy atom. The van der Waals surface area contributed by atoms with Gasteiger partial charge in [-0.2, -0.15) is 0 Å². The Hall–Kier alpha value is -3.56. The van der Waals surface area contributed by atoms with Gasteiger partial charge in [0.2, 0.25) is 12.7 Å². The lowest BCUT2D eigenvalue weighted by atomic mass is 10.2. The Balaban J connectivity index is 1.00. The Bertz CT molecular complexity index is 1390. The second kappa shape index (κ2) is 14.2. The second-order valence-corrected chi connectivity index (χ2v) is 10.9. The molecule has 8 nitrogen and oxygen atoms in total. The Morgan fingerprint density at radius 3 is 2.75 bits per heavy atom. The fraction of sp³-hybridized carbons (Fsp3) is 0.419. The molecule has 0 radical (unpaired) electrons. The average molecular weight is 563 g/mol. The van der Waals surface area contributed by atoms with E-state index < -0.39 is 6.09 Å². The van der Waals surface area contributed by atoms with E-state index in [2.05, 4.69) is 56.7 Å². The number of carbonyl (C=O) groups excluding carboxylic acids is 1. The van der Waals surface area contributed by atoms with Gasteiger partial charge in [0, 0.05) is 66.0 Å². The number of thiophene rings is 1. The molecule has 0 bridgehead atoms. The maximum Gasteiger partial charge on any atom is 0.410 e. The molecule has 1 saturated heterocycles. The first-order chi connectivity index (χ1) is 19.7. The maximum atomic E-state index is 11.6. The van der Waals surface area contributed by atoms with Crippen molar-refractivity contribution in [1.29, 1.82) is 0 Å². The Kier molecular flexibility index (Phi) is 9.92.